The highest BCUT2D eigenvalue weighted by Gasteiger charge is 2.23. The predicted octanol–water partition coefficient (Wildman–Crippen LogP) is 3.20. The molecule has 7 nitrogen and oxygen atoms in total. The van der Waals surface area contributed by atoms with Crippen LogP contribution in [0.3, 0.4) is 0 Å². The molecule has 0 aliphatic heterocycles. The van der Waals surface area contributed by atoms with Crippen LogP contribution in [0.5, 0.6) is 17.2 Å². The van der Waals surface area contributed by atoms with E-state index in [1.807, 2.05) is 19.1 Å². The zero-order valence-corrected chi connectivity index (χ0v) is 16.0. The summed E-state index contributed by atoms with van der Waals surface area (Å²) in [5.41, 5.74) is 1.83. The van der Waals surface area contributed by atoms with Crippen molar-refractivity contribution in [2.75, 3.05) is 26.6 Å². The van der Waals surface area contributed by atoms with Crippen molar-refractivity contribution in [2.24, 2.45) is 0 Å². The fraction of sp³-hybridized carbons (Fsp3) is 0.300. The van der Waals surface area contributed by atoms with Crippen LogP contribution in [-0.4, -0.2) is 39.3 Å². The highest BCUT2D eigenvalue weighted by Crippen LogP contribution is 2.35. The summed E-state index contributed by atoms with van der Waals surface area (Å²) in [6.45, 7) is 3.45. The summed E-state index contributed by atoms with van der Waals surface area (Å²) < 4.78 is 20.9. The number of ether oxygens (including phenoxy) is 4. The summed E-state index contributed by atoms with van der Waals surface area (Å²) in [6.07, 6.45) is -1.00. The van der Waals surface area contributed by atoms with Crippen LogP contribution < -0.4 is 19.5 Å². The number of amides is 1. The maximum Gasteiger partial charge on any atom is 0.342 e. The van der Waals surface area contributed by atoms with E-state index >= 15 is 0 Å². The van der Waals surface area contributed by atoms with Gasteiger partial charge in [-0.15, -0.1) is 0 Å². The number of benzene rings is 2. The van der Waals surface area contributed by atoms with Gasteiger partial charge in [-0.3, -0.25) is 4.79 Å². The lowest BCUT2D eigenvalue weighted by Crippen LogP contribution is -2.30. The predicted molar refractivity (Wildman–Crippen MR) is 101 cm³/mol. The number of carbonyl (C=O) groups excluding carboxylic acids is 2. The summed E-state index contributed by atoms with van der Waals surface area (Å²) in [5, 5.41) is 2.70. The summed E-state index contributed by atoms with van der Waals surface area (Å²) >= 11 is 0. The molecule has 1 N–H and O–H groups in total. The molecule has 0 fully saturated rings. The van der Waals surface area contributed by atoms with Crippen molar-refractivity contribution in [2.45, 2.75) is 20.0 Å². The van der Waals surface area contributed by atoms with E-state index in [0.29, 0.717) is 17.2 Å². The van der Waals surface area contributed by atoms with E-state index in [4.69, 9.17) is 18.9 Å². The quantitative estimate of drug-likeness (QED) is 0.751. The van der Waals surface area contributed by atoms with Gasteiger partial charge in [0.2, 0.25) is 0 Å². The third kappa shape index (κ3) is 4.91. The van der Waals surface area contributed by atoms with Gasteiger partial charge in [-0.05, 0) is 26.0 Å². The number of carbonyl (C=O) groups is 2. The van der Waals surface area contributed by atoms with Crippen molar-refractivity contribution in [1.82, 2.24) is 0 Å². The maximum absolute atomic E-state index is 12.5. The maximum atomic E-state index is 12.5. The first kappa shape index (κ1) is 20.1. The Bertz CT molecular complexity index is 816. The molecule has 0 bridgehead atoms. The van der Waals surface area contributed by atoms with Crippen LogP contribution >= 0.6 is 0 Å². The van der Waals surface area contributed by atoms with Gasteiger partial charge in [0, 0.05) is 17.8 Å². The fourth-order valence-corrected chi connectivity index (χ4v) is 2.35. The molecule has 0 saturated heterocycles. The van der Waals surface area contributed by atoms with E-state index in [1.54, 1.807) is 12.1 Å². The molecule has 0 heterocycles. The molecule has 1 atom stereocenters. The number of anilines is 1. The first-order valence-corrected chi connectivity index (χ1v) is 8.28. The minimum absolute atomic E-state index is 0.130. The first-order valence-electron chi connectivity index (χ1n) is 8.28. The van der Waals surface area contributed by atoms with Gasteiger partial charge in [0.05, 0.1) is 21.3 Å². The molecular weight excluding hydrogens is 350 g/mol. The van der Waals surface area contributed by atoms with E-state index in [-0.39, 0.29) is 11.3 Å². The molecule has 2 aromatic carbocycles. The topological polar surface area (TPSA) is 83.1 Å². The van der Waals surface area contributed by atoms with Gasteiger partial charge in [-0.2, -0.15) is 0 Å². The lowest BCUT2D eigenvalue weighted by Gasteiger charge is -2.16. The van der Waals surface area contributed by atoms with E-state index in [1.165, 1.54) is 40.4 Å². The van der Waals surface area contributed by atoms with E-state index in [9.17, 15) is 9.59 Å². The second-order valence-corrected chi connectivity index (χ2v) is 5.81. The molecule has 2 rings (SSSR count). The van der Waals surface area contributed by atoms with E-state index in [0.717, 1.165) is 5.56 Å². The van der Waals surface area contributed by atoms with Crippen molar-refractivity contribution in [1.29, 1.82) is 0 Å². The lowest BCUT2D eigenvalue weighted by atomic mass is 10.1. The Morgan fingerprint density at radius 2 is 1.44 bits per heavy atom. The zero-order valence-electron chi connectivity index (χ0n) is 16.0. The van der Waals surface area contributed by atoms with Crippen LogP contribution in [0, 0.1) is 6.92 Å². The van der Waals surface area contributed by atoms with E-state index in [2.05, 4.69) is 5.32 Å². The Hall–Kier alpha value is -3.22. The molecule has 7 heteroatoms. The van der Waals surface area contributed by atoms with Crippen molar-refractivity contribution >= 4 is 17.6 Å². The second-order valence-electron chi connectivity index (χ2n) is 5.81. The Morgan fingerprint density at radius 3 is 2.00 bits per heavy atom. The van der Waals surface area contributed by atoms with Gasteiger partial charge in [-0.1, -0.05) is 17.7 Å². The number of hydrogen-bond acceptors (Lipinski definition) is 6. The molecule has 0 spiro atoms. The molecule has 0 aliphatic rings. The minimum atomic E-state index is -1.00. The molecule has 0 saturated carbocycles. The van der Waals surface area contributed by atoms with Gasteiger partial charge in [0.15, 0.2) is 17.6 Å². The molecule has 0 aliphatic carbocycles. The van der Waals surface area contributed by atoms with Crippen LogP contribution in [-0.2, 0) is 9.53 Å². The average Bonchev–Trinajstić information content (AvgIpc) is 2.68. The van der Waals surface area contributed by atoms with Crippen molar-refractivity contribution < 1.29 is 28.5 Å². The number of methoxy groups -OCH3 is 3. The van der Waals surface area contributed by atoms with Crippen LogP contribution in [0.2, 0.25) is 0 Å². The van der Waals surface area contributed by atoms with Crippen LogP contribution in [0.25, 0.3) is 0 Å². The normalized spacial score (nSPS) is 11.3. The largest absolute Gasteiger partial charge is 0.496 e. The average molecular weight is 373 g/mol. The molecule has 0 radical (unpaired) electrons. The molecule has 2 aromatic rings. The second kappa shape index (κ2) is 8.93. The minimum Gasteiger partial charge on any atom is -0.496 e. The zero-order chi connectivity index (χ0) is 20.0. The van der Waals surface area contributed by atoms with Crippen molar-refractivity contribution in [3.63, 3.8) is 0 Å². The highest BCUT2D eigenvalue weighted by molar-refractivity contribution is 5.98. The van der Waals surface area contributed by atoms with Gasteiger partial charge in [0.25, 0.3) is 5.91 Å². The number of rotatable bonds is 7. The van der Waals surface area contributed by atoms with Crippen LogP contribution in [0.1, 0.15) is 22.8 Å². The fourth-order valence-electron chi connectivity index (χ4n) is 2.35. The van der Waals surface area contributed by atoms with Crippen LogP contribution in [0.15, 0.2) is 36.4 Å². The molecule has 1 amide bonds. The smallest absolute Gasteiger partial charge is 0.342 e. The Kier molecular flexibility index (Phi) is 6.65. The Morgan fingerprint density at radius 1 is 0.889 bits per heavy atom. The number of aryl methyl sites for hydroxylation is 1. The number of nitrogens with one attached hydrogen (secondary N) is 1. The third-order valence-electron chi connectivity index (χ3n) is 3.90. The standard InChI is InChI=1S/C20H23NO6/c1-12-6-8-14(9-7-12)21-19(22)13(2)27-20(23)15-10-17(25-4)18(26-5)11-16(15)24-3/h6-11,13H,1-5H3,(H,21,22)/t13-/m0/s1. The Labute approximate surface area is 158 Å². The van der Waals surface area contributed by atoms with Gasteiger partial charge in [0.1, 0.15) is 11.3 Å². The molecule has 0 unspecified atom stereocenters. The summed E-state index contributed by atoms with van der Waals surface area (Å²) in [6, 6.07) is 10.3. The summed E-state index contributed by atoms with van der Waals surface area (Å²) in [4.78, 5) is 24.8. The first-order chi connectivity index (χ1) is 12.9. The van der Waals surface area contributed by atoms with Crippen molar-refractivity contribution in [3.05, 3.63) is 47.5 Å². The molecular formula is C20H23NO6. The van der Waals surface area contributed by atoms with Crippen LogP contribution in [0.4, 0.5) is 5.69 Å². The van der Waals surface area contributed by atoms with Gasteiger partial charge < -0.3 is 24.3 Å². The van der Waals surface area contributed by atoms with Gasteiger partial charge >= 0.3 is 5.97 Å². The van der Waals surface area contributed by atoms with Gasteiger partial charge in [-0.25, -0.2) is 4.79 Å². The lowest BCUT2D eigenvalue weighted by molar-refractivity contribution is -0.123. The summed E-state index contributed by atoms with van der Waals surface area (Å²) in [5.74, 6) is -0.132. The highest BCUT2D eigenvalue weighted by atomic mass is 16.6. The number of hydrogen-bond donors (Lipinski definition) is 1. The third-order valence-corrected chi connectivity index (χ3v) is 3.90. The van der Waals surface area contributed by atoms with Crippen molar-refractivity contribution in [3.8, 4) is 17.2 Å². The molecule has 144 valence electrons. The SMILES string of the molecule is COc1cc(OC)c(C(=O)O[C@@H](C)C(=O)Nc2ccc(C)cc2)cc1OC. The monoisotopic (exact) mass is 373 g/mol. The summed E-state index contributed by atoms with van der Waals surface area (Å²) in [7, 11) is 4.36. The molecule has 27 heavy (non-hydrogen) atoms. The van der Waals surface area contributed by atoms with E-state index < -0.39 is 18.0 Å². The number of esters is 1. The molecule has 0 aromatic heterocycles. The Balaban J connectivity index is 2.13.